The van der Waals surface area contributed by atoms with Gasteiger partial charge in [0, 0.05) is 6.20 Å². The lowest BCUT2D eigenvalue weighted by molar-refractivity contribution is 0.270. The Morgan fingerprint density at radius 3 is 3.20 bits per heavy atom. The molecule has 0 radical (unpaired) electrons. The molecule has 0 amide bonds. The van der Waals surface area contributed by atoms with E-state index < -0.39 is 0 Å². The Balaban J connectivity index is 2.29. The first kappa shape index (κ1) is 5.82. The van der Waals surface area contributed by atoms with E-state index in [1.807, 2.05) is 24.4 Å². The standard InChI is InChI=1S/C5H6N4S/c10-9-6-5-3-1-2-4-8(5)7-9/h1-4,7,10H. The second-order valence-electron chi connectivity index (χ2n) is 1.92. The highest BCUT2D eigenvalue weighted by Crippen LogP contribution is 2.08. The first-order valence-corrected chi connectivity index (χ1v) is 3.24. The smallest absolute Gasteiger partial charge is 0.171 e. The number of rotatable bonds is 0. The third-order valence-electron chi connectivity index (χ3n) is 1.23. The molecule has 2 heterocycles. The number of nitrogens with zero attached hydrogens (tertiary/aromatic N) is 3. The van der Waals surface area contributed by atoms with Gasteiger partial charge in [0.15, 0.2) is 5.84 Å². The number of allylic oxidation sites excluding steroid dienone is 2. The van der Waals surface area contributed by atoms with Crippen molar-refractivity contribution in [1.29, 1.82) is 0 Å². The second kappa shape index (κ2) is 2.03. The number of amidine groups is 1. The molecule has 0 aromatic carbocycles. The zero-order valence-electron chi connectivity index (χ0n) is 5.10. The third kappa shape index (κ3) is 0.795. The second-order valence-corrected chi connectivity index (χ2v) is 2.30. The average molecular weight is 154 g/mol. The van der Waals surface area contributed by atoms with Crippen molar-refractivity contribution in [3.8, 4) is 0 Å². The highest BCUT2D eigenvalue weighted by molar-refractivity contribution is 7.77. The number of thiol groups is 1. The number of hydrazine groups is 2. The van der Waals surface area contributed by atoms with Crippen LogP contribution < -0.4 is 5.53 Å². The van der Waals surface area contributed by atoms with Gasteiger partial charge in [0.25, 0.3) is 0 Å². The van der Waals surface area contributed by atoms with Crippen molar-refractivity contribution in [3.63, 3.8) is 0 Å². The largest absolute Gasteiger partial charge is 0.245 e. The molecule has 2 rings (SSSR count). The van der Waals surface area contributed by atoms with E-state index in [9.17, 15) is 0 Å². The summed E-state index contributed by atoms with van der Waals surface area (Å²) in [6, 6.07) is 0. The van der Waals surface area contributed by atoms with Crippen molar-refractivity contribution in [2.75, 3.05) is 0 Å². The zero-order valence-corrected chi connectivity index (χ0v) is 5.99. The monoisotopic (exact) mass is 154 g/mol. The fourth-order valence-electron chi connectivity index (χ4n) is 0.816. The maximum atomic E-state index is 4.00. The maximum absolute atomic E-state index is 4.00. The van der Waals surface area contributed by atoms with E-state index in [-0.39, 0.29) is 0 Å². The minimum atomic E-state index is 0.845. The molecule has 0 aliphatic carbocycles. The summed E-state index contributed by atoms with van der Waals surface area (Å²) >= 11 is 3.97. The first-order chi connectivity index (χ1) is 4.86. The summed E-state index contributed by atoms with van der Waals surface area (Å²) in [6.45, 7) is 0. The summed E-state index contributed by atoms with van der Waals surface area (Å²) in [5, 5.41) is 5.77. The van der Waals surface area contributed by atoms with E-state index in [0.717, 1.165) is 5.84 Å². The minimum absolute atomic E-state index is 0.845. The average Bonchev–Trinajstić information content (AvgIpc) is 2.27. The molecule has 2 aliphatic rings. The molecule has 0 aromatic heterocycles. The lowest BCUT2D eigenvalue weighted by atomic mass is 10.4. The topological polar surface area (TPSA) is 30.9 Å². The van der Waals surface area contributed by atoms with E-state index in [1.165, 1.54) is 4.52 Å². The van der Waals surface area contributed by atoms with Gasteiger partial charge in [-0.3, -0.25) is 0 Å². The molecule has 1 N–H and O–H groups in total. The number of hydrogen-bond donors (Lipinski definition) is 2. The van der Waals surface area contributed by atoms with Gasteiger partial charge >= 0.3 is 0 Å². The molecule has 4 nitrogen and oxygen atoms in total. The predicted molar refractivity (Wildman–Crippen MR) is 41.5 cm³/mol. The molecule has 0 fully saturated rings. The Hall–Kier alpha value is -0.940. The number of hydrogen-bond acceptors (Lipinski definition) is 5. The number of hydrazone groups is 1. The molecule has 5 heteroatoms. The van der Waals surface area contributed by atoms with Crippen LogP contribution in [0.5, 0.6) is 0 Å². The van der Waals surface area contributed by atoms with Gasteiger partial charge in [0.1, 0.15) is 0 Å². The molecule has 0 bridgehead atoms. The molecule has 2 aliphatic heterocycles. The summed E-state index contributed by atoms with van der Waals surface area (Å²) in [7, 11) is 0. The van der Waals surface area contributed by atoms with E-state index in [1.54, 1.807) is 5.01 Å². The first-order valence-electron chi connectivity index (χ1n) is 2.84. The van der Waals surface area contributed by atoms with Crippen LogP contribution in [0.2, 0.25) is 0 Å². The molecule has 0 unspecified atom stereocenters. The maximum Gasteiger partial charge on any atom is 0.171 e. The van der Waals surface area contributed by atoms with Gasteiger partial charge in [-0.05, 0) is 25.0 Å². The van der Waals surface area contributed by atoms with Crippen molar-refractivity contribution >= 4 is 18.7 Å². The van der Waals surface area contributed by atoms with Gasteiger partial charge in [-0.25, -0.2) is 5.01 Å². The molecule has 0 aromatic rings. The highest BCUT2D eigenvalue weighted by Gasteiger charge is 2.16. The number of fused-ring (bicyclic) bond motifs is 1. The van der Waals surface area contributed by atoms with E-state index in [0.29, 0.717) is 0 Å². The Labute approximate surface area is 64.0 Å². The van der Waals surface area contributed by atoms with Crippen LogP contribution in [0.25, 0.3) is 0 Å². The lowest BCUT2D eigenvalue weighted by Gasteiger charge is -2.14. The molecule has 10 heavy (non-hydrogen) atoms. The van der Waals surface area contributed by atoms with Crippen molar-refractivity contribution in [2.45, 2.75) is 0 Å². The van der Waals surface area contributed by atoms with Crippen LogP contribution in [0.15, 0.2) is 29.5 Å². The predicted octanol–water partition coefficient (Wildman–Crippen LogP) is 0.265. The highest BCUT2D eigenvalue weighted by atomic mass is 32.1. The molecule has 0 saturated heterocycles. The van der Waals surface area contributed by atoms with Crippen LogP contribution in [0.4, 0.5) is 0 Å². The van der Waals surface area contributed by atoms with Crippen LogP contribution in [-0.2, 0) is 0 Å². The van der Waals surface area contributed by atoms with Crippen LogP contribution in [0, 0.1) is 0 Å². The number of nitrogens with one attached hydrogen (secondary N) is 1. The summed E-state index contributed by atoms with van der Waals surface area (Å²) in [5.74, 6) is 0.845. The van der Waals surface area contributed by atoms with Crippen LogP contribution >= 0.6 is 12.8 Å². The fraction of sp³-hybridized carbons (Fsp3) is 0. The van der Waals surface area contributed by atoms with E-state index in [2.05, 4.69) is 23.5 Å². The lowest BCUT2D eigenvalue weighted by Crippen LogP contribution is -2.35. The van der Waals surface area contributed by atoms with Gasteiger partial charge in [0.05, 0.1) is 0 Å². The van der Waals surface area contributed by atoms with Crippen LogP contribution in [0.1, 0.15) is 0 Å². The van der Waals surface area contributed by atoms with Crippen molar-refractivity contribution in [3.05, 3.63) is 24.4 Å². The fourth-order valence-corrected chi connectivity index (χ4v) is 1.00. The quantitative estimate of drug-likeness (QED) is 0.491. The molecule has 0 saturated carbocycles. The summed E-state index contributed by atoms with van der Waals surface area (Å²) < 4.78 is 1.36. The molecule has 0 spiro atoms. The van der Waals surface area contributed by atoms with E-state index in [4.69, 9.17) is 0 Å². The van der Waals surface area contributed by atoms with Crippen molar-refractivity contribution < 1.29 is 0 Å². The van der Waals surface area contributed by atoms with Gasteiger partial charge in [-0.2, -0.15) is 4.52 Å². The normalized spacial score (nSPS) is 21.5. The Morgan fingerprint density at radius 2 is 2.40 bits per heavy atom. The van der Waals surface area contributed by atoms with Gasteiger partial charge in [-0.15, -0.1) is 10.6 Å². The Morgan fingerprint density at radius 1 is 1.50 bits per heavy atom. The summed E-state index contributed by atoms with van der Waals surface area (Å²) in [4.78, 5) is 0. The van der Waals surface area contributed by atoms with Crippen LogP contribution in [-0.4, -0.2) is 15.4 Å². The Bertz CT molecular complexity index is 232. The van der Waals surface area contributed by atoms with Gasteiger partial charge < -0.3 is 0 Å². The third-order valence-corrected chi connectivity index (χ3v) is 1.41. The molecular formula is C5H6N4S. The SMILES string of the molecule is SN1N=C2C=CC=CN2N1. The summed E-state index contributed by atoms with van der Waals surface area (Å²) in [6.07, 6.45) is 7.60. The molecule has 0 atom stereocenters. The van der Waals surface area contributed by atoms with Crippen LogP contribution in [0.3, 0.4) is 0 Å². The van der Waals surface area contributed by atoms with Crippen molar-refractivity contribution in [2.24, 2.45) is 5.10 Å². The minimum Gasteiger partial charge on any atom is -0.245 e. The van der Waals surface area contributed by atoms with Gasteiger partial charge in [-0.1, -0.05) is 6.08 Å². The zero-order chi connectivity index (χ0) is 6.97. The summed E-state index contributed by atoms with van der Waals surface area (Å²) in [5.41, 5.74) is 2.84. The van der Waals surface area contributed by atoms with Crippen molar-refractivity contribution in [1.82, 2.24) is 15.1 Å². The molecule has 52 valence electrons. The Kier molecular flexibility index (Phi) is 1.18. The molecular weight excluding hydrogens is 148 g/mol. The van der Waals surface area contributed by atoms with Gasteiger partial charge in [0.2, 0.25) is 0 Å². The van der Waals surface area contributed by atoms with E-state index >= 15 is 0 Å².